The standard InChI is InChI=1S/C13H22N4O3S.2C2HF3O2/c1-3-20-12-6-11-7-17(5-4-16(11)8-12)21(18,19)13-9-15(2)10-14-13;2*3-2(4,5)1(6)7/h9-12H,3-8H2,1-2H3;2*(H,6,7)/t11-,12+;;/m0../s1. The van der Waals surface area contributed by atoms with Crippen LogP contribution in [0, 0.1) is 0 Å². The lowest BCUT2D eigenvalue weighted by Gasteiger charge is -2.35. The van der Waals surface area contributed by atoms with Crippen molar-refractivity contribution in [3.8, 4) is 0 Å². The number of ether oxygens (including phenoxy) is 1. The zero-order chi connectivity index (χ0) is 27.2. The molecule has 2 saturated heterocycles. The van der Waals surface area contributed by atoms with Gasteiger partial charge in [0.15, 0.2) is 5.03 Å². The summed E-state index contributed by atoms with van der Waals surface area (Å²) in [6.45, 7) is 5.43. The molecule has 1 aromatic rings. The minimum absolute atomic E-state index is 0.137. The van der Waals surface area contributed by atoms with Crippen LogP contribution < -0.4 is 0 Å². The molecule has 202 valence electrons. The highest BCUT2D eigenvalue weighted by Gasteiger charge is 2.41. The molecule has 0 spiro atoms. The number of piperazine rings is 1. The number of aliphatic carboxylic acids is 2. The van der Waals surface area contributed by atoms with Crippen LogP contribution in [0.5, 0.6) is 0 Å². The number of alkyl halides is 6. The Morgan fingerprint density at radius 2 is 1.60 bits per heavy atom. The fourth-order valence-corrected chi connectivity index (χ4v) is 4.63. The number of imidazole rings is 1. The number of halogens is 6. The summed E-state index contributed by atoms with van der Waals surface area (Å²) in [6, 6.07) is 0.258. The molecular formula is C17H24F6N4O7S. The van der Waals surface area contributed by atoms with Crippen molar-refractivity contribution in [1.29, 1.82) is 0 Å². The lowest BCUT2D eigenvalue weighted by molar-refractivity contribution is -0.193. The lowest BCUT2D eigenvalue weighted by Crippen LogP contribution is -2.51. The zero-order valence-corrected chi connectivity index (χ0v) is 19.3. The molecule has 0 saturated carbocycles. The van der Waals surface area contributed by atoms with E-state index in [0.29, 0.717) is 19.7 Å². The SMILES string of the molecule is CCO[C@@H]1C[C@H]2CN(S(=O)(=O)c3cn(C)cn3)CCN2C1.O=C(O)C(F)(F)F.O=C(O)C(F)(F)F. The first-order valence-corrected chi connectivity index (χ1v) is 11.3. The average molecular weight is 542 g/mol. The Bertz CT molecular complexity index is 943. The van der Waals surface area contributed by atoms with Gasteiger partial charge in [-0.1, -0.05) is 0 Å². The van der Waals surface area contributed by atoms with Gasteiger partial charge in [-0.05, 0) is 13.3 Å². The Kier molecular flexibility index (Phi) is 10.5. The van der Waals surface area contributed by atoms with Crippen molar-refractivity contribution in [2.75, 3.05) is 32.8 Å². The van der Waals surface area contributed by atoms with E-state index in [9.17, 15) is 34.8 Å². The Hall–Kier alpha value is -2.44. The number of carboxylic acids is 2. The first kappa shape index (κ1) is 30.6. The van der Waals surface area contributed by atoms with E-state index in [4.69, 9.17) is 24.5 Å². The predicted molar refractivity (Wildman–Crippen MR) is 105 cm³/mol. The van der Waals surface area contributed by atoms with E-state index < -0.39 is 34.3 Å². The maximum absolute atomic E-state index is 12.6. The third kappa shape index (κ3) is 9.26. The second kappa shape index (κ2) is 12.0. The molecule has 2 fully saturated rings. The number of nitrogens with zero attached hydrogens (tertiary/aromatic N) is 4. The lowest BCUT2D eigenvalue weighted by atomic mass is 10.2. The molecule has 3 heterocycles. The third-order valence-corrected chi connectivity index (χ3v) is 6.46. The van der Waals surface area contributed by atoms with Gasteiger partial charge in [0, 0.05) is 52.1 Å². The van der Waals surface area contributed by atoms with Crippen LogP contribution in [-0.4, -0.2) is 107 Å². The largest absolute Gasteiger partial charge is 0.490 e. The van der Waals surface area contributed by atoms with E-state index in [1.165, 1.54) is 6.33 Å². The van der Waals surface area contributed by atoms with Crippen molar-refractivity contribution in [3.05, 3.63) is 12.5 Å². The second-order valence-electron chi connectivity index (χ2n) is 7.31. The molecule has 0 bridgehead atoms. The summed E-state index contributed by atoms with van der Waals surface area (Å²) >= 11 is 0. The second-order valence-corrected chi connectivity index (χ2v) is 9.19. The van der Waals surface area contributed by atoms with Crippen LogP contribution in [0.4, 0.5) is 26.3 Å². The van der Waals surface area contributed by atoms with Gasteiger partial charge in [-0.15, -0.1) is 0 Å². The molecule has 0 radical (unpaired) electrons. The molecule has 2 aliphatic rings. The molecule has 2 N–H and O–H groups in total. The predicted octanol–water partition coefficient (Wildman–Crippen LogP) is 1.17. The number of sulfonamides is 1. The monoisotopic (exact) mass is 542 g/mol. The topological polar surface area (TPSA) is 142 Å². The van der Waals surface area contributed by atoms with Crippen LogP contribution in [0.25, 0.3) is 0 Å². The van der Waals surface area contributed by atoms with Gasteiger partial charge in [0.05, 0.1) is 12.4 Å². The van der Waals surface area contributed by atoms with Gasteiger partial charge in [0.1, 0.15) is 0 Å². The molecule has 0 unspecified atom stereocenters. The van der Waals surface area contributed by atoms with Gasteiger partial charge in [0.2, 0.25) is 0 Å². The number of aryl methyl sites for hydroxylation is 1. The summed E-state index contributed by atoms with van der Waals surface area (Å²) in [5, 5.41) is 14.4. The Morgan fingerprint density at radius 1 is 1.09 bits per heavy atom. The average Bonchev–Trinajstić information content (AvgIpc) is 3.33. The highest BCUT2D eigenvalue weighted by Crippen LogP contribution is 2.27. The van der Waals surface area contributed by atoms with E-state index in [2.05, 4.69) is 9.88 Å². The summed E-state index contributed by atoms with van der Waals surface area (Å²) in [6.07, 6.45) is -5.96. The molecule has 0 aromatic carbocycles. The zero-order valence-electron chi connectivity index (χ0n) is 18.5. The van der Waals surface area contributed by atoms with Gasteiger partial charge in [-0.25, -0.2) is 23.0 Å². The van der Waals surface area contributed by atoms with Gasteiger partial charge in [-0.3, -0.25) is 4.90 Å². The van der Waals surface area contributed by atoms with Gasteiger partial charge in [-0.2, -0.15) is 30.6 Å². The minimum atomic E-state index is -5.08. The van der Waals surface area contributed by atoms with Crippen molar-refractivity contribution in [2.24, 2.45) is 7.05 Å². The van der Waals surface area contributed by atoms with Crippen molar-refractivity contribution >= 4 is 22.0 Å². The first-order chi connectivity index (χ1) is 15.9. The Balaban J connectivity index is 0.000000362. The van der Waals surface area contributed by atoms with Crippen molar-refractivity contribution in [2.45, 2.75) is 42.9 Å². The molecule has 0 aliphatic carbocycles. The maximum atomic E-state index is 12.6. The van der Waals surface area contributed by atoms with E-state index in [-0.39, 0.29) is 17.2 Å². The van der Waals surface area contributed by atoms with E-state index in [1.54, 1.807) is 22.1 Å². The van der Waals surface area contributed by atoms with Crippen molar-refractivity contribution in [1.82, 2.24) is 18.8 Å². The fraction of sp³-hybridized carbons (Fsp3) is 0.706. The summed E-state index contributed by atoms with van der Waals surface area (Å²) < 4.78 is 97.6. The molecule has 2 aliphatic heterocycles. The molecule has 11 nitrogen and oxygen atoms in total. The number of hydrogen-bond acceptors (Lipinski definition) is 7. The highest BCUT2D eigenvalue weighted by molar-refractivity contribution is 7.89. The Labute approximate surface area is 195 Å². The number of aromatic nitrogens is 2. The molecule has 35 heavy (non-hydrogen) atoms. The van der Waals surface area contributed by atoms with E-state index >= 15 is 0 Å². The van der Waals surface area contributed by atoms with Gasteiger partial charge in [0.25, 0.3) is 10.0 Å². The molecule has 2 atom stereocenters. The number of carbonyl (C=O) groups is 2. The van der Waals surface area contributed by atoms with Gasteiger partial charge < -0.3 is 19.5 Å². The van der Waals surface area contributed by atoms with Gasteiger partial charge >= 0.3 is 24.3 Å². The summed E-state index contributed by atoms with van der Waals surface area (Å²) in [4.78, 5) is 24.1. The molecule has 0 amide bonds. The maximum Gasteiger partial charge on any atom is 0.490 e. The van der Waals surface area contributed by atoms with Crippen LogP contribution >= 0.6 is 0 Å². The summed E-state index contributed by atoms with van der Waals surface area (Å²) in [5.41, 5.74) is 0. The molecule has 3 rings (SSSR count). The van der Waals surface area contributed by atoms with E-state index in [1.807, 2.05) is 6.92 Å². The highest BCUT2D eigenvalue weighted by atomic mass is 32.2. The number of hydrogen-bond donors (Lipinski definition) is 2. The summed E-state index contributed by atoms with van der Waals surface area (Å²) in [7, 11) is -1.70. The summed E-state index contributed by atoms with van der Waals surface area (Å²) in [5.74, 6) is -5.51. The normalized spacial score (nSPS) is 21.3. The van der Waals surface area contributed by atoms with Crippen LogP contribution in [0.2, 0.25) is 0 Å². The van der Waals surface area contributed by atoms with Crippen LogP contribution in [-0.2, 0) is 31.4 Å². The van der Waals surface area contributed by atoms with Crippen LogP contribution in [0.15, 0.2) is 17.6 Å². The smallest absolute Gasteiger partial charge is 0.475 e. The molecule has 1 aromatic heterocycles. The number of carboxylic acid groups (broad SMARTS) is 2. The van der Waals surface area contributed by atoms with E-state index in [0.717, 1.165) is 19.5 Å². The molecule has 18 heteroatoms. The number of rotatable bonds is 4. The van der Waals surface area contributed by atoms with Crippen molar-refractivity contribution in [3.63, 3.8) is 0 Å². The molecular weight excluding hydrogens is 518 g/mol. The third-order valence-electron chi connectivity index (χ3n) is 4.71. The number of fused-ring (bicyclic) bond motifs is 1. The minimum Gasteiger partial charge on any atom is -0.475 e. The first-order valence-electron chi connectivity index (χ1n) is 9.83. The Morgan fingerprint density at radius 3 is 2.00 bits per heavy atom. The van der Waals surface area contributed by atoms with Crippen LogP contribution in [0.1, 0.15) is 13.3 Å². The van der Waals surface area contributed by atoms with Crippen molar-refractivity contribution < 1.29 is 59.3 Å². The van der Waals surface area contributed by atoms with Crippen LogP contribution in [0.3, 0.4) is 0 Å². The quantitative estimate of drug-likeness (QED) is 0.536. The fourth-order valence-electron chi connectivity index (χ4n) is 3.20.